The SMILES string of the molecule is Cc1ccc(-c2cc[n+](C)c(-c3cc(-c4ccccc4C)c(C)cc3C)c2)c(C)c1. The molecule has 0 amide bonds. The fourth-order valence-electron chi connectivity index (χ4n) is 4.44. The van der Waals surface area contributed by atoms with Gasteiger partial charge >= 0.3 is 0 Å². The molecule has 1 nitrogen and oxygen atoms in total. The molecule has 0 fully saturated rings. The van der Waals surface area contributed by atoms with Gasteiger partial charge in [0.2, 0.25) is 5.69 Å². The zero-order valence-electron chi connectivity index (χ0n) is 18.9. The minimum Gasteiger partial charge on any atom is -0.201 e. The maximum atomic E-state index is 2.37. The van der Waals surface area contributed by atoms with Crippen molar-refractivity contribution in [1.82, 2.24) is 0 Å². The van der Waals surface area contributed by atoms with Gasteiger partial charge in [0, 0.05) is 17.7 Å². The highest BCUT2D eigenvalue weighted by Gasteiger charge is 2.18. The number of benzene rings is 3. The van der Waals surface area contributed by atoms with Crippen molar-refractivity contribution < 1.29 is 4.57 Å². The van der Waals surface area contributed by atoms with Gasteiger partial charge in [-0.15, -0.1) is 0 Å². The Bertz CT molecular complexity index is 1250. The first kappa shape index (κ1) is 20.1. The lowest BCUT2D eigenvalue weighted by Crippen LogP contribution is -2.30. The number of rotatable bonds is 3. The molecule has 0 N–H and O–H groups in total. The summed E-state index contributed by atoms with van der Waals surface area (Å²) >= 11 is 0. The Morgan fingerprint density at radius 2 is 1.23 bits per heavy atom. The van der Waals surface area contributed by atoms with Gasteiger partial charge in [-0.2, -0.15) is 0 Å². The van der Waals surface area contributed by atoms with E-state index >= 15 is 0 Å². The summed E-state index contributed by atoms with van der Waals surface area (Å²) in [7, 11) is 2.13. The van der Waals surface area contributed by atoms with Crippen LogP contribution >= 0.6 is 0 Å². The molecular formula is C29H30N+. The van der Waals surface area contributed by atoms with Crippen LogP contribution in [-0.2, 0) is 7.05 Å². The molecule has 30 heavy (non-hydrogen) atoms. The number of nitrogens with zero attached hydrogens (tertiary/aromatic N) is 1. The van der Waals surface area contributed by atoms with Gasteiger partial charge in [-0.25, -0.2) is 4.57 Å². The Kier molecular flexibility index (Phi) is 5.30. The molecule has 0 spiro atoms. The summed E-state index contributed by atoms with van der Waals surface area (Å²) in [5.41, 5.74) is 14.2. The first-order chi connectivity index (χ1) is 14.3. The third-order valence-corrected chi connectivity index (χ3v) is 6.13. The van der Waals surface area contributed by atoms with Gasteiger partial charge in [-0.1, -0.05) is 54.1 Å². The van der Waals surface area contributed by atoms with Gasteiger partial charge in [0.05, 0.1) is 0 Å². The molecule has 4 rings (SSSR count). The standard InChI is InChI=1S/C29H30N/c1-19-11-12-25(21(3)15-19)24-13-14-30(6)29(17-24)28-18-27(22(4)16-23(28)5)26-10-8-7-9-20(26)2/h7-18H,1-6H3/q+1. The number of pyridine rings is 1. The van der Waals surface area contributed by atoms with Crippen molar-refractivity contribution in [3.05, 3.63) is 101 Å². The van der Waals surface area contributed by atoms with Crippen molar-refractivity contribution in [3.8, 4) is 33.5 Å². The molecule has 4 aromatic rings. The van der Waals surface area contributed by atoms with E-state index < -0.39 is 0 Å². The smallest absolute Gasteiger partial charge is 0.201 e. The summed E-state index contributed by atoms with van der Waals surface area (Å²) in [6.45, 7) is 11.0. The molecule has 1 heterocycles. The van der Waals surface area contributed by atoms with Crippen LogP contribution in [0, 0.1) is 34.6 Å². The van der Waals surface area contributed by atoms with Gasteiger partial charge in [0.25, 0.3) is 0 Å². The summed E-state index contributed by atoms with van der Waals surface area (Å²) in [6.07, 6.45) is 2.18. The minimum absolute atomic E-state index is 1.24. The number of hydrogen-bond acceptors (Lipinski definition) is 0. The fourth-order valence-corrected chi connectivity index (χ4v) is 4.44. The van der Waals surface area contributed by atoms with E-state index in [2.05, 4.69) is 119 Å². The van der Waals surface area contributed by atoms with E-state index in [9.17, 15) is 0 Å². The number of hydrogen-bond donors (Lipinski definition) is 0. The molecule has 3 aromatic carbocycles. The van der Waals surface area contributed by atoms with E-state index in [4.69, 9.17) is 0 Å². The molecule has 150 valence electrons. The highest BCUT2D eigenvalue weighted by Crippen LogP contribution is 2.34. The zero-order chi connectivity index (χ0) is 21.4. The van der Waals surface area contributed by atoms with E-state index in [1.165, 1.54) is 61.3 Å². The van der Waals surface area contributed by atoms with E-state index in [0.29, 0.717) is 0 Å². The van der Waals surface area contributed by atoms with Crippen molar-refractivity contribution in [2.24, 2.45) is 7.05 Å². The van der Waals surface area contributed by atoms with Crippen LogP contribution in [0.2, 0.25) is 0 Å². The third-order valence-electron chi connectivity index (χ3n) is 6.13. The monoisotopic (exact) mass is 392 g/mol. The maximum absolute atomic E-state index is 2.37. The fraction of sp³-hybridized carbons (Fsp3) is 0.207. The normalized spacial score (nSPS) is 11.0. The van der Waals surface area contributed by atoms with Crippen molar-refractivity contribution in [1.29, 1.82) is 0 Å². The molecule has 0 aliphatic heterocycles. The molecule has 0 saturated heterocycles. The summed E-state index contributed by atoms with van der Waals surface area (Å²) in [6, 6.07) is 24.6. The van der Waals surface area contributed by atoms with Crippen molar-refractivity contribution in [2.45, 2.75) is 34.6 Å². The van der Waals surface area contributed by atoms with Gasteiger partial charge in [-0.3, -0.25) is 0 Å². The van der Waals surface area contributed by atoms with Gasteiger partial charge in [-0.05, 0) is 85.2 Å². The van der Waals surface area contributed by atoms with E-state index in [0.717, 1.165) is 0 Å². The van der Waals surface area contributed by atoms with E-state index in [1.54, 1.807) is 0 Å². The number of aromatic nitrogens is 1. The summed E-state index contributed by atoms with van der Waals surface area (Å²) < 4.78 is 2.23. The third kappa shape index (κ3) is 3.68. The highest BCUT2D eigenvalue weighted by molar-refractivity contribution is 5.79. The predicted molar refractivity (Wildman–Crippen MR) is 128 cm³/mol. The summed E-state index contributed by atoms with van der Waals surface area (Å²) in [4.78, 5) is 0. The summed E-state index contributed by atoms with van der Waals surface area (Å²) in [5.74, 6) is 0. The lowest BCUT2D eigenvalue weighted by Gasteiger charge is -2.14. The first-order valence-corrected chi connectivity index (χ1v) is 10.6. The largest absolute Gasteiger partial charge is 0.213 e. The molecule has 0 bridgehead atoms. The molecule has 0 saturated carbocycles. The predicted octanol–water partition coefficient (Wildman–Crippen LogP) is 7.05. The highest BCUT2D eigenvalue weighted by atomic mass is 14.9. The second-order valence-electron chi connectivity index (χ2n) is 8.53. The Morgan fingerprint density at radius 1 is 0.533 bits per heavy atom. The van der Waals surface area contributed by atoms with E-state index in [-0.39, 0.29) is 0 Å². The lowest BCUT2D eigenvalue weighted by molar-refractivity contribution is -0.660. The average molecular weight is 393 g/mol. The van der Waals surface area contributed by atoms with Gasteiger partial charge in [0.15, 0.2) is 6.20 Å². The number of aryl methyl sites for hydroxylation is 6. The van der Waals surface area contributed by atoms with Crippen LogP contribution < -0.4 is 4.57 Å². The molecule has 0 radical (unpaired) electrons. The van der Waals surface area contributed by atoms with Crippen molar-refractivity contribution >= 4 is 0 Å². The molecule has 0 atom stereocenters. The molecule has 0 unspecified atom stereocenters. The van der Waals surface area contributed by atoms with Crippen LogP contribution in [0.25, 0.3) is 33.5 Å². The maximum Gasteiger partial charge on any atom is 0.213 e. The topological polar surface area (TPSA) is 3.88 Å². The van der Waals surface area contributed by atoms with Crippen LogP contribution in [0.1, 0.15) is 27.8 Å². The second kappa shape index (κ2) is 7.91. The molecular weight excluding hydrogens is 362 g/mol. The Hall–Kier alpha value is -3.19. The lowest BCUT2D eigenvalue weighted by atomic mass is 9.90. The second-order valence-corrected chi connectivity index (χ2v) is 8.53. The Labute approximate surface area is 180 Å². The average Bonchev–Trinajstić information content (AvgIpc) is 2.70. The molecule has 1 heteroatoms. The molecule has 1 aromatic heterocycles. The zero-order valence-corrected chi connectivity index (χ0v) is 18.9. The van der Waals surface area contributed by atoms with Crippen LogP contribution in [0.5, 0.6) is 0 Å². The van der Waals surface area contributed by atoms with Crippen LogP contribution in [0.4, 0.5) is 0 Å². The van der Waals surface area contributed by atoms with E-state index in [1.807, 2.05) is 0 Å². The Morgan fingerprint density at radius 3 is 1.97 bits per heavy atom. The van der Waals surface area contributed by atoms with Crippen molar-refractivity contribution in [2.75, 3.05) is 0 Å². The molecule has 0 aliphatic rings. The first-order valence-electron chi connectivity index (χ1n) is 10.6. The van der Waals surface area contributed by atoms with Crippen LogP contribution in [0.15, 0.2) is 72.9 Å². The van der Waals surface area contributed by atoms with Gasteiger partial charge in [0.1, 0.15) is 7.05 Å². The van der Waals surface area contributed by atoms with Gasteiger partial charge < -0.3 is 0 Å². The Balaban J connectivity index is 1.90. The van der Waals surface area contributed by atoms with Crippen LogP contribution in [0.3, 0.4) is 0 Å². The quantitative estimate of drug-likeness (QED) is 0.329. The molecule has 0 aliphatic carbocycles. The van der Waals surface area contributed by atoms with Crippen LogP contribution in [-0.4, -0.2) is 0 Å². The van der Waals surface area contributed by atoms with Crippen molar-refractivity contribution in [3.63, 3.8) is 0 Å². The minimum atomic E-state index is 1.24. The summed E-state index contributed by atoms with van der Waals surface area (Å²) in [5, 5.41) is 0.